The van der Waals surface area contributed by atoms with Crippen molar-refractivity contribution in [3.63, 3.8) is 0 Å². The summed E-state index contributed by atoms with van der Waals surface area (Å²) in [6.45, 7) is 9.56. The number of amides is 3. The number of hydrogen-bond donors (Lipinski definition) is 2. The second kappa shape index (κ2) is 7.36. The normalized spacial score (nSPS) is 35.8. The predicted octanol–water partition coefficient (Wildman–Crippen LogP) is 1.91. The van der Waals surface area contributed by atoms with Crippen molar-refractivity contribution in [1.82, 2.24) is 15.5 Å². The maximum atomic E-state index is 13.6. The van der Waals surface area contributed by atoms with Crippen molar-refractivity contribution in [2.45, 2.75) is 102 Å². The van der Waals surface area contributed by atoms with Gasteiger partial charge in [-0.2, -0.15) is 0 Å². The van der Waals surface area contributed by atoms with Gasteiger partial charge in [-0.3, -0.25) is 14.4 Å². The minimum atomic E-state index is -1.07. The number of carbonyl (C=O) groups is 3. The van der Waals surface area contributed by atoms with E-state index in [2.05, 4.69) is 10.6 Å². The molecule has 0 aromatic heterocycles. The molecule has 2 N–H and O–H groups in total. The Morgan fingerprint density at radius 2 is 1.83 bits per heavy atom. The van der Waals surface area contributed by atoms with Gasteiger partial charge in [-0.15, -0.1) is 0 Å². The van der Waals surface area contributed by atoms with Crippen molar-refractivity contribution in [3.05, 3.63) is 12.2 Å². The fourth-order valence-electron chi connectivity index (χ4n) is 5.74. The van der Waals surface area contributed by atoms with Crippen LogP contribution in [0.5, 0.6) is 0 Å². The van der Waals surface area contributed by atoms with Gasteiger partial charge in [0.25, 0.3) is 0 Å². The molecule has 0 radical (unpaired) electrons. The number of ether oxygens (including phenoxy) is 1. The molecule has 7 heteroatoms. The molecule has 1 saturated carbocycles. The Balaban J connectivity index is 1.64. The van der Waals surface area contributed by atoms with Crippen molar-refractivity contribution in [2.75, 3.05) is 0 Å². The highest BCUT2D eigenvalue weighted by Gasteiger charge is 2.73. The van der Waals surface area contributed by atoms with Crippen LogP contribution in [0.4, 0.5) is 0 Å². The van der Waals surface area contributed by atoms with E-state index in [0.29, 0.717) is 0 Å². The zero-order chi connectivity index (χ0) is 21.8. The first-order chi connectivity index (χ1) is 14.0. The standard InChI is InChI=1S/C23H35N3O4/c1-13(2)26-18(20(28)25-22(3,4)5)23-12-11-15(30-23)16(17(23)21(26)29)19(27)24-14-9-7-6-8-10-14/h11-18H,6-10H2,1-5H3,(H,24,27)(H,25,28). The van der Waals surface area contributed by atoms with E-state index in [0.717, 1.165) is 25.7 Å². The van der Waals surface area contributed by atoms with E-state index in [1.807, 2.05) is 46.8 Å². The summed E-state index contributed by atoms with van der Waals surface area (Å²) >= 11 is 0. The summed E-state index contributed by atoms with van der Waals surface area (Å²) in [5, 5.41) is 6.20. The van der Waals surface area contributed by atoms with Crippen LogP contribution in [-0.2, 0) is 19.1 Å². The third-order valence-electron chi connectivity index (χ3n) is 6.87. The molecular weight excluding hydrogens is 382 g/mol. The quantitative estimate of drug-likeness (QED) is 0.684. The molecule has 1 aliphatic carbocycles. The van der Waals surface area contributed by atoms with Crippen LogP contribution in [-0.4, -0.2) is 58.0 Å². The molecule has 4 aliphatic rings. The van der Waals surface area contributed by atoms with Crippen LogP contribution in [0.15, 0.2) is 12.2 Å². The minimum Gasteiger partial charge on any atom is -0.359 e. The van der Waals surface area contributed by atoms with E-state index < -0.39 is 35.1 Å². The van der Waals surface area contributed by atoms with Gasteiger partial charge in [0.1, 0.15) is 11.6 Å². The van der Waals surface area contributed by atoms with E-state index in [1.165, 1.54) is 6.42 Å². The van der Waals surface area contributed by atoms with E-state index in [4.69, 9.17) is 4.74 Å². The van der Waals surface area contributed by atoms with Gasteiger partial charge in [0, 0.05) is 17.6 Å². The summed E-state index contributed by atoms with van der Waals surface area (Å²) in [6, 6.07) is -0.780. The Morgan fingerprint density at radius 3 is 2.43 bits per heavy atom. The molecule has 4 rings (SSSR count). The van der Waals surface area contributed by atoms with Crippen LogP contribution in [0.25, 0.3) is 0 Å². The first kappa shape index (κ1) is 21.3. The molecule has 2 saturated heterocycles. The second-order valence-corrected chi connectivity index (χ2v) is 10.6. The summed E-state index contributed by atoms with van der Waals surface area (Å²) in [4.78, 5) is 41.8. The Kier molecular flexibility index (Phi) is 5.24. The highest BCUT2D eigenvalue weighted by atomic mass is 16.5. The maximum absolute atomic E-state index is 13.6. The molecule has 1 spiro atoms. The van der Waals surface area contributed by atoms with Crippen LogP contribution in [0, 0.1) is 11.8 Å². The van der Waals surface area contributed by atoms with E-state index >= 15 is 0 Å². The van der Waals surface area contributed by atoms with Gasteiger partial charge in [-0.05, 0) is 47.5 Å². The predicted molar refractivity (Wildman–Crippen MR) is 112 cm³/mol. The minimum absolute atomic E-state index is 0.114. The molecule has 166 valence electrons. The van der Waals surface area contributed by atoms with Crippen molar-refractivity contribution in [1.29, 1.82) is 0 Å². The van der Waals surface area contributed by atoms with Crippen LogP contribution < -0.4 is 10.6 Å². The monoisotopic (exact) mass is 417 g/mol. The van der Waals surface area contributed by atoms with Crippen molar-refractivity contribution in [3.8, 4) is 0 Å². The van der Waals surface area contributed by atoms with Gasteiger partial charge in [0.05, 0.1) is 17.9 Å². The van der Waals surface area contributed by atoms with Crippen LogP contribution in [0.3, 0.4) is 0 Å². The molecule has 3 aliphatic heterocycles. The highest BCUT2D eigenvalue weighted by molar-refractivity contribution is 6.00. The lowest BCUT2D eigenvalue weighted by atomic mass is 9.74. The molecule has 5 atom stereocenters. The maximum Gasteiger partial charge on any atom is 0.246 e. The first-order valence-corrected chi connectivity index (χ1v) is 11.4. The fraction of sp³-hybridized carbons (Fsp3) is 0.783. The molecule has 0 aromatic rings. The Morgan fingerprint density at radius 1 is 1.17 bits per heavy atom. The van der Waals surface area contributed by atoms with Crippen LogP contribution >= 0.6 is 0 Å². The van der Waals surface area contributed by atoms with E-state index in [1.54, 1.807) is 4.90 Å². The molecule has 3 heterocycles. The average Bonchev–Trinajstić information content (AvgIpc) is 3.28. The summed E-state index contributed by atoms with van der Waals surface area (Å²) in [6.07, 6.45) is 8.70. The van der Waals surface area contributed by atoms with Gasteiger partial charge in [-0.25, -0.2) is 0 Å². The zero-order valence-corrected chi connectivity index (χ0v) is 18.7. The lowest BCUT2D eigenvalue weighted by Crippen LogP contribution is -2.59. The SMILES string of the molecule is CC(C)N1C(=O)C2C(C(=O)NC3CCCCC3)C3C=CC2(O3)C1C(=O)NC(C)(C)C. The van der Waals surface area contributed by atoms with E-state index in [-0.39, 0.29) is 29.8 Å². The third kappa shape index (κ3) is 3.35. The van der Waals surface area contributed by atoms with Crippen LogP contribution in [0.2, 0.25) is 0 Å². The summed E-state index contributed by atoms with van der Waals surface area (Å²) in [5.74, 6) is -1.75. The number of nitrogens with one attached hydrogen (secondary N) is 2. The number of carbonyl (C=O) groups excluding carboxylic acids is 3. The van der Waals surface area contributed by atoms with Gasteiger partial charge < -0.3 is 20.3 Å². The molecule has 3 fully saturated rings. The second-order valence-electron chi connectivity index (χ2n) is 10.6. The zero-order valence-electron chi connectivity index (χ0n) is 18.7. The number of fused-ring (bicyclic) bond motifs is 1. The van der Waals surface area contributed by atoms with Gasteiger partial charge in [0.15, 0.2) is 0 Å². The average molecular weight is 418 g/mol. The van der Waals surface area contributed by atoms with Crippen LogP contribution in [0.1, 0.15) is 66.7 Å². The molecular formula is C23H35N3O4. The van der Waals surface area contributed by atoms with Crippen molar-refractivity contribution < 1.29 is 19.1 Å². The molecule has 2 bridgehead atoms. The van der Waals surface area contributed by atoms with Gasteiger partial charge in [-0.1, -0.05) is 31.4 Å². The summed E-state index contributed by atoms with van der Waals surface area (Å²) in [5.41, 5.74) is -1.51. The number of likely N-dealkylation sites (tertiary alicyclic amines) is 1. The Hall–Kier alpha value is -1.89. The van der Waals surface area contributed by atoms with Gasteiger partial charge >= 0.3 is 0 Å². The topological polar surface area (TPSA) is 87.7 Å². The molecule has 5 unspecified atom stereocenters. The van der Waals surface area contributed by atoms with E-state index in [9.17, 15) is 14.4 Å². The Bertz CT molecular complexity index is 765. The smallest absolute Gasteiger partial charge is 0.246 e. The lowest BCUT2D eigenvalue weighted by Gasteiger charge is -2.36. The van der Waals surface area contributed by atoms with Crippen molar-refractivity contribution in [2.24, 2.45) is 11.8 Å². The largest absolute Gasteiger partial charge is 0.359 e. The Labute approximate surface area is 179 Å². The summed E-state index contributed by atoms with van der Waals surface area (Å²) in [7, 11) is 0. The number of nitrogens with zero attached hydrogens (tertiary/aromatic N) is 1. The summed E-state index contributed by atoms with van der Waals surface area (Å²) < 4.78 is 6.31. The number of rotatable bonds is 4. The fourth-order valence-corrected chi connectivity index (χ4v) is 5.74. The van der Waals surface area contributed by atoms with Crippen molar-refractivity contribution >= 4 is 17.7 Å². The molecule has 3 amide bonds. The molecule has 0 aromatic carbocycles. The lowest BCUT2D eigenvalue weighted by molar-refractivity contribution is -0.144. The first-order valence-electron chi connectivity index (χ1n) is 11.4. The van der Waals surface area contributed by atoms with Gasteiger partial charge in [0.2, 0.25) is 17.7 Å². The molecule has 7 nitrogen and oxygen atoms in total. The number of hydrogen-bond acceptors (Lipinski definition) is 4. The highest BCUT2D eigenvalue weighted by Crippen LogP contribution is 2.55. The third-order valence-corrected chi connectivity index (χ3v) is 6.87. The molecule has 30 heavy (non-hydrogen) atoms.